The molecule has 3 atom stereocenters. The highest BCUT2D eigenvalue weighted by molar-refractivity contribution is 5.91. The summed E-state index contributed by atoms with van der Waals surface area (Å²) in [6.07, 6.45) is 5.84. The molecule has 0 radical (unpaired) electrons. The minimum Gasteiger partial charge on any atom is -0.326 e. The van der Waals surface area contributed by atoms with Crippen LogP contribution in [0.2, 0.25) is 0 Å². The van der Waals surface area contributed by atoms with Gasteiger partial charge in [0.15, 0.2) is 0 Å². The average Bonchev–Trinajstić information content (AvgIpc) is 2.95. The minimum absolute atomic E-state index is 0.0762. The third-order valence-electron chi connectivity index (χ3n) is 4.79. The van der Waals surface area contributed by atoms with Gasteiger partial charge in [0, 0.05) is 12.1 Å². The molecule has 3 rings (SSSR count). The van der Waals surface area contributed by atoms with Gasteiger partial charge in [-0.05, 0) is 67.7 Å². The van der Waals surface area contributed by atoms with E-state index in [0.717, 1.165) is 23.1 Å². The first kappa shape index (κ1) is 12.6. The lowest BCUT2D eigenvalue weighted by Gasteiger charge is -2.21. The van der Waals surface area contributed by atoms with E-state index in [2.05, 4.69) is 5.32 Å². The van der Waals surface area contributed by atoms with Gasteiger partial charge in [0.05, 0.1) is 0 Å². The number of halogens is 1. The number of anilines is 1. The van der Waals surface area contributed by atoms with E-state index in [0.29, 0.717) is 12.3 Å². The quantitative estimate of drug-likeness (QED) is 0.878. The van der Waals surface area contributed by atoms with Crippen molar-refractivity contribution in [1.82, 2.24) is 0 Å². The highest BCUT2D eigenvalue weighted by atomic mass is 19.1. The molecule has 1 aromatic carbocycles. The Morgan fingerprint density at radius 3 is 2.84 bits per heavy atom. The summed E-state index contributed by atoms with van der Waals surface area (Å²) in [5.41, 5.74) is 1.51. The van der Waals surface area contributed by atoms with Crippen LogP contribution in [0.15, 0.2) is 18.2 Å². The fourth-order valence-corrected chi connectivity index (χ4v) is 3.83. The van der Waals surface area contributed by atoms with E-state index in [1.807, 2.05) is 6.92 Å². The first-order valence-electron chi connectivity index (χ1n) is 7.18. The summed E-state index contributed by atoms with van der Waals surface area (Å²) in [6.45, 7) is 1.82. The second kappa shape index (κ2) is 4.95. The van der Waals surface area contributed by atoms with Crippen LogP contribution in [0.3, 0.4) is 0 Å². The number of hydrogen-bond acceptors (Lipinski definition) is 1. The van der Waals surface area contributed by atoms with Crippen LogP contribution in [0.25, 0.3) is 0 Å². The van der Waals surface area contributed by atoms with Crippen LogP contribution in [0.5, 0.6) is 0 Å². The van der Waals surface area contributed by atoms with Crippen molar-refractivity contribution in [2.75, 3.05) is 5.32 Å². The van der Waals surface area contributed by atoms with Crippen molar-refractivity contribution in [2.45, 2.75) is 39.0 Å². The average molecular weight is 261 g/mol. The number of benzene rings is 1. The fraction of sp³-hybridized carbons (Fsp3) is 0.562. The van der Waals surface area contributed by atoms with Crippen LogP contribution in [0.1, 0.15) is 37.7 Å². The zero-order valence-corrected chi connectivity index (χ0v) is 11.3. The first-order valence-corrected chi connectivity index (χ1v) is 7.18. The molecule has 0 aromatic heterocycles. The van der Waals surface area contributed by atoms with Crippen molar-refractivity contribution in [3.05, 3.63) is 29.6 Å². The number of aryl methyl sites for hydroxylation is 1. The summed E-state index contributed by atoms with van der Waals surface area (Å²) >= 11 is 0. The van der Waals surface area contributed by atoms with Crippen molar-refractivity contribution in [3.63, 3.8) is 0 Å². The zero-order valence-electron chi connectivity index (χ0n) is 11.3. The summed E-state index contributed by atoms with van der Waals surface area (Å²) in [5, 5.41) is 2.92. The Morgan fingerprint density at radius 2 is 2.21 bits per heavy atom. The second-order valence-corrected chi connectivity index (χ2v) is 6.15. The maximum atomic E-state index is 13.0. The molecule has 2 aliphatic rings. The van der Waals surface area contributed by atoms with Gasteiger partial charge < -0.3 is 5.32 Å². The van der Waals surface area contributed by atoms with Crippen LogP contribution < -0.4 is 5.32 Å². The molecule has 102 valence electrons. The maximum Gasteiger partial charge on any atom is 0.224 e. The van der Waals surface area contributed by atoms with Gasteiger partial charge in [-0.15, -0.1) is 0 Å². The van der Waals surface area contributed by atoms with Crippen LogP contribution in [0, 0.1) is 30.5 Å². The topological polar surface area (TPSA) is 29.1 Å². The lowest BCUT2D eigenvalue weighted by Crippen LogP contribution is -2.20. The van der Waals surface area contributed by atoms with E-state index < -0.39 is 0 Å². The zero-order chi connectivity index (χ0) is 13.4. The summed E-state index contributed by atoms with van der Waals surface area (Å²) in [5.74, 6) is 2.02. The number of nitrogens with one attached hydrogen (secondary N) is 1. The number of carbonyl (C=O) groups excluding carboxylic acids is 1. The molecule has 0 spiro atoms. The number of fused-ring (bicyclic) bond motifs is 2. The van der Waals surface area contributed by atoms with Crippen LogP contribution in [0.4, 0.5) is 10.1 Å². The van der Waals surface area contributed by atoms with Gasteiger partial charge in [0.1, 0.15) is 5.82 Å². The molecule has 2 bridgehead atoms. The molecule has 0 saturated heterocycles. The molecule has 2 aliphatic carbocycles. The van der Waals surface area contributed by atoms with Crippen molar-refractivity contribution >= 4 is 11.6 Å². The summed E-state index contributed by atoms with van der Waals surface area (Å²) in [6, 6.07) is 4.48. The first-order chi connectivity index (χ1) is 9.11. The van der Waals surface area contributed by atoms with Gasteiger partial charge in [0.2, 0.25) is 5.91 Å². The Balaban J connectivity index is 1.59. The second-order valence-electron chi connectivity index (χ2n) is 6.15. The van der Waals surface area contributed by atoms with Crippen molar-refractivity contribution in [2.24, 2.45) is 17.8 Å². The SMILES string of the molecule is Cc1cc(F)ccc1NC(=O)C[C@H]1C[C@H]2CC[C@H]1C2. The largest absolute Gasteiger partial charge is 0.326 e. The van der Waals surface area contributed by atoms with E-state index in [1.165, 1.54) is 37.8 Å². The minimum atomic E-state index is -0.261. The van der Waals surface area contributed by atoms with E-state index >= 15 is 0 Å². The lowest BCUT2D eigenvalue weighted by atomic mass is 9.86. The van der Waals surface area contributed by atoms with Gasteiger partial charge in [-0.2, -0.15) is 0 Å². The molecule has 0 unspecified atom stereocenters. The Bertz CT molecular complexity index is 500. The Labute approximate surface area is 113 Å². The van der Waals surface area contributed by atoms with E-state index in [1.54, 1.807) is 6.07 Å². The predicted octanol–water partition coefficient (Wildman–Crippen LogP) is 3.90. The molecule has 3 heteroatoms. The molecule has 2 nitrogen and oxygen atoms in total. The van der Waals surface area contributed by atoms with Crippen molar-refractivity contribution < 1.29 is 9.18 Å². The molecule has 2 saturated carbocycles. The monoisotopic (exact) mass is 261 g/mol. The molecular weight excluding hydrogens is 241 g/mol. The van der Waals surface area contributed by atoms with E-state index in [4.69, 9.17) is 0 Å². The molecule has 19 heavy (non-hydrogen) atoms. The fourth-order valence-electron chi connectivity index (χ4n) is 3.83. The van der Waals surface area contributed by atoms with E-state index in [-0.39, 0.29) is 11.7 Å². The standard InChI is InChI=1S/C16H20FNO/c1-10-6-14(17)4-5-15(10)18-16(19)9-13-8-11-2-3-12(13)7-11/h4-6,11-13H,2-3,7-9H2,1H3,(H,18,19)/t11-,12-,13+/m0/s1. The normalized spacial score (nSPS) is 28.6. The maximum absolute atomic E-state index is 13.0. The summed E-state index contributed by atoms with van der Waals surface area (Å²) < 4.78 is 13.0. The van der Waals surface area contributed by atoms with Crippen molar-refractivity contribution in [3.8, 4) is 0 Å². The van der Waals surface area contributed by atoms with Gasteiger partial charge in [-0.1, -0.05) is 6.42 Å². The Morgan fingerprint density at radius 1 is 1.37 bits per heavy atom. The van der Waals surface area contributed by atoms with Crippen molar-refractivity contribution in [1.29, 1.82) is 0 Å². The Hall–Kier alpha value is -1.38. The molecule has 2 fully saturated rings. The van der Waals surface area contributed by atoms with Gasteiger partial charge >= 0.3 is 0 Å². The summed E-state index contributed by atoms with van der Waals surface area (Å²) in [7, 11) is 0. The number of hydrogen-bond donors (Lipinski definition) is 1. The summed E-state index contributed by atoms with van der Waals surface area (Å²) in [4.78, 5) is 12.1. The highest BCUT2D eigenvalue weighted by Crippen LogP contribution is 2.49. The van der Waals surface area contributed by atoms with E-state index in [9.17, 15) is 9.18 Å². The van der Waals surface area contributed by atoms with Crippen LogP contribution >= 0.6 is 0 Å². The molecule has 0 heterocycles. The molecule has 1 N–H and O–H groups in total. The third kappa shape index (κ3) is 2.65. The molecule has 1 amide bonds. The van der Waals surface area contributed by atoms with Crippen LogP contribution in [-0.4, -0.2) is 5.91 Å². The number of amides is 1. The highest BCUT2D eigenvalue weighted by Gasteiger charge is 2.40. The molecule has 1 aromatic rings. The number of rotatable bonds is 3. The Kier molecular flexibility index (Phi) is 3.29. The third-order valence-corrected chi connectivity index (χ3v) is 4.79. The predicted molar refractivity (Wildman–Crippen MR) is 73.3 cm³/mol. The van der Waals surface area contributed by atoms with Gasteiger partial charge in [-0.25, -0.2) is 4.39 Å². The smallest absolute Gasteiger partial charge is 0.224 e. The molecule has 0 aliphatic heterocycles. The lowest BCUT2D eigenvalue weighted by molar-refractivity contribution is -0.117. The van der Waals surface area contributed by atoms with Gasteiger partial charge in [-0.3, -0.25) is 4.79 Å². The molecular formula is C16H20FNO. The van der Waals surface area contributed by atoms with Gasteiger partial charge in [0.25, 0.3) is 0 Å². The number of carbonyl (C=O) groups is 1. The van der Waals surface area contributed by atoms with Crippen LogP contribution in [-0.2, 0) is 4.79 Å².